The van der Waals surface area contributed by atoms with Crippen LogP contribution in [0.2, 0.25) is 0 Å². The van der Waals surface area contributed by atoms with Gasteiger partial charge < -0.3 is 9.47 Å². The fourth-order valence-corrected chi connectivity index (χ4v) is 1.21. The first kappa shape index (κ1) is 11.8. The predicted molar refractivity (Wildman–Crippen MR) is 57.9 cm³/mol. The Bertz CT molecular complexity index is 466. The third kappa shape index (κ3) is 2.39. The first-order valence-electron chi connectivity index (χ1n) is 4.43. The molecular formula is C12H10O4. The van der Waals surface area contributed by atoms with Crippen molar-refractivity contribution in [2.45, 2.75) is 0 Å². The standard InChI is InChI=1S/C12H10O4/c1-15-11-6-9(4-3-5-13)10(8-14)7-12(11)16-2/h5-8H,1-2H3. The molecule has 0 saturated carbocycles. The third-order valence-corrected chi connectivity index (χ3v) is 1.95. The summed E-state index contributed by atoms with van der Waals surface area (Å²) in [6.45, 7) is 0. The Kier molecular flexibility index (Phi) is 4.10. The molecular weight excluding hydrogens is 208 g/mol. The molecule has 82 valence electrons. The van der Waals surface area contributed by atoms with Crippen molar-refractivity contribution >= 4 is 12.6 Å². The van der Waals surface area contributed by atoms with Crippen molar-refractivity contribution in [3.05, 3.63) is 23.3 Å². The molecule has 4 heteroatoms. The lowest BCUT2D eigenvalue weighted by Gasteiger charge is -2.08. The van der Waals surface area contributed by atoms with Gasteiger partial charge in [-0.05, 0) is 12.0 Å². The van der Waals surface area contributed by atoms with E-state index in [-0.39, 0.29) is 0 Å². The number of ether oxygens (including phenoxy) is 2. The molecule has 0 saturated heterocycles. The zero-order valence-electron chi connectivity index (χ0n) is 8.94. The van der Waals surface area contributed by atoms with Gasteiger partial charge in [0.1, 0.15) is 0 Å². The summed E-state index contributed by atoms with van der Waals surface area (Å²) in [4.78, 5) is 20.9. The second-order valence-electron chi connectivity index (χ2n) is 2.80. The zero-order valence-corrected chi connectivity index (χ0v) is 8.94. The van der Waals surface area contributed by atoms with E-state index < -0.39 is 0 Å². The van der Waals surface area contributed by atoms with Crippen molar-refractivity contribution in [2.24, 2.45) is 0 Å². The highest BCUT2D eigenvalue weighted by molar-refractivity contribution is 5.83. The maximum absolute atomic E-state index is 10.8. The van der Waals surface area contributed by atoms with E-state index in [1.807, 2.05) is 0 Å². The molecule has 0 unspecified atom stereocenters. The van der Waals surface area contributed by atoms with Crippen molar-refractivity contribution in [3.8, 4) is 23.3 Å². The maximum Gasteiger partial charge on any atom is 0.193 e. The molecule has 0 heterocycles. The largest absolute Gasteiger partial charge is 0.493 e. The highest BCUT2D eigenvalue weighted by Gasteiger charge is 2.08. The zero-order chi connectivity index (χ0) is 12.0. The molecule has 1 aromatic rings. The number of aldehydes is 2. The minimum absolute atomic E-state index is 0.354. The lowest BCUT2D eigenvalue weighted by atomic mass is 10.1. The van der Waals surface area contributed by atoms with Gasteiger partial charge in [0.15, 0.2) is 24.1 Å². The molecule has 0 aliphatic rings. The number of carbonyl (C=O) groups excluding carboxylic acids is 2. The topological polar surface area (TPSA) is 52.6 Å². The van der Waals surface area contributed by atoms with Crippen molar-refractivity contribution in [1.29, 1.82) is 0 Å². The third-order valence-electron chi connectivity index (χ3n) is 1.95. The Morgan fingerprint density at radius 1 is 1.12 bits per heavy atom. The summed E-state index contributed by atoms with van der Waals surface area (Å²) in [5.74, 6) is 5.70. The monoisotopic (exact) mass is 218 g/mol. The second-order valence-corrected chi connectivity index (χ2v) is 2.80. The number of benzene rings is 1. The summed E-state index contributed by atoms with van der Waals surface area (Å²) < 4.78 is 10.1. The lowest BCUT2D eigenvalue weighted by Crippen LogP contribution is -1.95. The average molecular weight is 218 g/mol. The first-order chi connectivity index (χ1) is 7.76. The Morgan fingerprint density at radius 2 is 1.75 bits per heavy atom. The molecule has 4 nitrogen and oxygen atoms in total. The van der Waals surface area contributed by atoms with Crippen LogP contribution in [0, 0.1) is 11.8 Å². The second kappa shape index (κ2) is 5.56. The van der Waals surface area contributed by atoms with Gasteiger partial charge in [-0.1, -0.05) is 5.92 Å². The molecule has 1 aromatic carbocycles. The molecule has 0 N–H and O–H groups in total. The Labute approximate surface area is 93.2 Å². The quantitative estimate of drug-likeness (QED) is 0.562. The van der Waals surface area contributed by atoms with Gasteiger partial charge in [0.05, 0.1) is 14.2 Å². The summed E-state index contributed by atoms with van der Waals surface area (Å²) >= 11 is 0. The smallest absolute Gasteiger partial charge is 0.193 e. The highest BCUT2D eigenvalue weighted by atomic mass is 16.5. The number of rotatable bonds is 3. The summed E-state index contributed by atoms with van der Waals surface area (Å²) in [6, 6.07) is 3.07. The Hall–Kier alpha value is -2.28. The van der Waals surface area contributed by atoms with E-state index >= 15 is 0 Å². The van der Waals surface area contributed by atoms with Crippen LogP contribution < -0.4 is 9.47 Å². The van der Waals surface area contributed by atoms with Crippen molar-refractivity contribution in [3.63, 3.8) is 0 Å². The van der Waals surface area contributed by atoms with Gasteiger partial charge in [-0.3, -0.25) is 9.59 Å². The van der Waals surface area contributed by atoms with Crippen LogP contribution in [0.25, 0.3) is 0 Å². The fraction of sp³-hybridized carbons (Fsp3) is 0.167. The predicted octanol–water partition coefficient (Wildman–Crippen LogP) is 1.07. The van der Waals surface area contributed by atoms with E-state index in [4.69, 9.17) is 9.47 Å². The SMILES string of the molecule is COc1cc(C#CC=O)c(C=O)cc1OC. The first-order valence-corrected chi connectivity index (χ1v) is 4.43. The van der Waals surface area contributed by atoms with Crippen molar-refractivity contribution in [1.82, 2.24) is 0 Å². The molecule has 0 aromatic heterocycles. The van der Waals surface area contributed by atoms with Crippen LogP contribution in [0.1, 0.15) is 15.9 Å². The van der Waals surface area contributed by atoms with E-state index in [0.29, 0.717) is 35.2 Å². The summed E-state index contributed by atoms with van der Waals surface area (Å²) in [7, 11) is 2.96. The summed E-state index contributed by atoms with van der Waals surface area (Å²) in [5.41, 5.74) is 0.784. The van der Waals surface area contributed by atoms with E-state index in [2.05, 4.69) is 11.8 Å². The van der Waals surface area contributed by atoms with Crippen LogP contribution in [-0.4, -0.2) is 26.8 Å². The molecule has 1 rings (SSSR count). The molecule has 0 atom stereocenters. The van der Waals surface area contributed by atoms with Gasteiger partial charge in [-0.2, -0.15) is 0 Å². The van der Waals surface area contributed by atoms with Gasteiger partial charge in [-0.25, -0.2) is 0 Å². The van der Waals surface area contributed by atoms with E-state index in [0.717, 1.165) is 0 Å². The Morgan fingerprint density at radius 3 is 2.25 bits per heavy atom. The van der Waals surface area contributed by atoms with Crippen molar-refractivity contribution in [2.75, 3.05) is 14.2 Å². The number of methoxy groups -OCH3 is 2. The normalized spacial score (nSPS) is 8.62. The molecule has 0 aliphatic heterocycles. The highest BCUT2D eigenvalue weighted by Crippen LogP contribution is 2.29. The molecule has 0 bridgehead atoms. The Balaban J connectivity index is 3.36. The van der Waals surface area contributed by atoms with Crippen LogP contribution >= 0.6 is 0 Å². The number of carbonyl (C=O) groups is 2. The van der Waals surface area contributed by atoms with Crippen molar-refractivity contribution < 1.29 is 19.1 Å². The minimum Gasteiger partial charge on any atom is -0.493 e. The van der Waals surface area contributed by atoms with E-state index in [9.17, 15) is 9.59 Å². The minimum atomic E-state index is 0.354. The molecule has 16 heavy (non-hydrogen) atoms. The molecule has 0 aliphatic carbocycles. The maximum atomic E-state index is 10.8. The molecule has 0 amide bonds. The summed E-state index contributed by atoms with van der Waals surface area (Å²) in [6.07, 6.45) is 1.11. The van der Waals surface area contributed by atoms with Gasteiger partial charge in [0.2, 0.25) is 0 Å². The van der Waals surface area contributed by atoms with Gasteiger partial charge in [-0.15, -0.1) is 0 Å². The van der Waals surface area contributed by atoms with E-state index in [1.165, 1.54) is 20.3 Å². The van der Waals surface area contributed by atoms with Crippen LogP contribution in [0.15, 0.2) is 12.1 Å². The molecule has 0 radical (unpaired) electrons. The lowest BCUT2D eigenvalue weighted by molar-refractivity contribution is -0.103. The van der Waals surface area contributed by atoms with Crippen LogP contribution in [0.5, 0.6) is 11.5 Å². The van der Waals surface area contributed by atoms with E-state index in [1.54, 1.807) is 6.07 Å². The summed E-state index contributed by atoms with van der Waals surface area (Å²) in [5, 5.41) is 0. The van der Waals surface area contributed by atoms with Crippen LogP contribution in [0.4, 0.5) is 0 Å². The average Bonchev–Trinajstić information content (AvgIpc) is 2.35. The van der Waals surface area contributed by atoms with Gasteiger partial charge >= 0.3 is 0 Å². The van der Waals surface area contributed by atoms with Gasteiger partial charge in [0.25, 0.3) is 0 Å². The van der Waals surface area contributed by atoms with Crippen LogP contribution in [-0.2, 0) is 4.79 Å². The fourth-order valence-electron chi connectivity index (χ4n) is 1.21. The van der Waals surface area contributed by atoms with Gasteiger partial charge in [0, 0.05) is 17.2 Å². The number of hydrogen-bond donors (Lipinski definition) is 0. The number of hydrogen-bond acceptors (Lipinski definition) is 4. The van der Waals surface area contributed by atoms with Crippen LogP contribution in [0.3, 0.4) is 0 Å². The molecule has 0 spiro atoms. The molecule has 0 fully saturated rings.